The number of methoxy groups -OCH3 is 1. The first-order chi connectivity index (χ1) is 19.0. The van der Waals surface area contributed by atoms with Crippen molar-refractivity contribution in [1.82, 2.24) is 20.4 Å². The number of thiazole rings is 1. The number of benzene rings is 3. The van der Waals surface area contributed by atoms with Crippen molar-refractivity contribution < 1.29 is 18.8 Å². The molecule has 0 atom stereocenters. The Morgan fingerprint density at radius 3 is 2.62 bits per heavy atom. The van der Waals surface area contributed by atoms with Crippen LogP contribution in [-0.2, 0) is 6.54 Å². The highest BCUT2D eigenvalue weighted by molar-refractivity contribution is 7.19. The van der Waals surface area contributed by atoms with E-state index in [1.54, 1.807) is 55.6 Å². The second-order valence-electron chi connectivity index (χ2n) is 8.22. The Hall–Kier alpha value is -5.23. The number of nitrogens with zero attached hydrogens (tertiary/aromatic N) is 3. The van der Waals surface area contributed by atoms with E-state index >= 15 is 0 Å². The number of ether oxygens (including phenoxy) is 1. The molecule has 11 nitrogen and oxygen atoms in total. The Balaban J connectivity index is 1.25. The Labute approximate surface area is 227 Å². The summed E-state index contributed by atoms with van der Waals surface area (Å²) in [6.07, 6.45) is 0. The van der Waals surface area contributed by atoms with Crippen molar-refractivity contribution in [3.05, 3.63) is 90.0 Å². The number of nitrogens with one attached hydrogen (secondary N) is 3. The highest BCUT2D eigenvalue weighted by Gasteiger charge is 2.19. The number of rotatable bonds is 8. The van der Waals surface area contributed by atoms with E-state index in [0.717, 1.165) is 16.9 Å². The molecule has 2 heterocycles. The molecule has 0 saturated heterocycles. The standard InChI is InChI=1S/C27H23N7O4S/c1-37-20-12-6-10-18(14-20)24(35)30-19-11-5-9-17(13-19)23-32-25(38-34-23)21-22(28)31-27(39-21)33-26(36)29-15-16-7-3-2-4-8-16/h2-14H,15,28H2,1H3,(H,30,35)(H2,29,31,33,36). The normalized spacial score (nSPS) is 10.6. The summed E-state index contributed by atoms with van der Waals surface area (Å²) in [5.41, 5.74) is 8.66. The molecule has 39 heavy (non-hydrogen) atoms. The molecular formula is C27H23N7O4S. The summed E-state index contributed by atoms with van der Waals surface area (Å²) in [6, 6.07) is 23.0. The van der Waals surface area contributed by atoms with Gasteiger partial charge in [-0.05, 0) is 35.9 Å². The van der Waals surface area contributed by atoms with Crippen LogP contribution in [0.15, 0.2) is 83.4 Å². The first-order valence-electron chi connectivity index (χ1n) is 11.7. The highest BCUT2D eigenvalue weighted by Crippen LogP contribution is 2.35. The molecule has 12 heteroatoms. The lowest BCUT2D eigenvalue weighted by Gasteiger charge is -2.07. The number of hydrogen-bond acceptors (Lipinski definition) is 9. The Kier molecular flexibility index (Phi) is 7.46. The lowest BCUT2D eigenvalue weighted by molar-refractivity contribution is 0.102. The molecule has 3 aromatic carbocycles. The average molecular weight is 542 g/mol. The van der Waals surface area contributed by atoms with Gasteiger partial charge in [0.05, 0.1) is 7.11 Å². The van der Waals surface area contributed by atoms with Crippen molar-refractivity contribution in [3.63, 3.8) is 0 Å². The van der Waals surface area contributed by atoms with E-state index in [2.05, 4.69) is 31.1 Å². The SMILES string of the molecule is COc1cccc(C(=O)Nc2cccc(-c3noc(-c4sc(NC(=O)NCc5ccccc5)nc4N)n3)c2)c1. The lowest BCUT2D eigenvalue weighted by Crippen LogP contribution is -2.28. The number of amides is 3. The van der Waals surface area contributed by atoms with Crippen molar-refractivity contribution in [3.8, 4) is 27.9 Å². The molecular weight excluding hydrogens is 518 g/mol. The van der Waals surface area contributed by atoms with Gasteiger partial charge in [-0.15, -0.1) is 0 Å². The number of aromatic nitrogens is 3. The maximum Gasteiger partial charge on any atom is 0.321 e. The molecule has 0 fully saturated rings. The predicted octanol–water partition coefficient (Wildman–Crippen LogP) is 5.02. The van der Waals surface area contributed by atoms with Crippen LogP contribution in [0.25, 0.3) is 22.2 Å². The molecule has 0 aliphatic carbocycles. The molecule has 0 spiro atoms. The van der Waals surface area contributed by atoms with Crippen LogP contribution in [0.3, 0.4) is 0 Å². The van der Waals surface area contributed by atoms with E-state index in [9.17, 15) is 9.59 Å². The summed E-state index contributed by atoms with van der Waals surface area (Å²) >= 11 is 1.11. The molecule has 0 saturated carbocycles. The molecule has 196 valence electrons. The number of hydrogen-bond donors (Lipinski definition) is 4. The zero-order chi connectivity index (χ0) is 27.2. The Morgan fingerprint density at radius 2 is 1.79 bits per heavy atom. The summed E-state index contributed by atoms with van der Waals surface area (Å²) in [5.74, 6) is 0.899. The van der Waals surface area contributed by atoms with E-state index in [1.807, 2.05) is 30.3 Å². The van der Waals surface area contributed by atoms with Crippen molar-refractivity contribution in [2.45, 2.75) is 6.54 Å². The van der Waals surface area contributed by atoms with Crippen LogP contribution in [-0.4, -0.2) is 34.2 Å². The van der Waals surface area contributed by atoms with Gasteiger partial charge in [0.15, 0.2) is 5.13 Å². The van der Waals surface area contributed by atoms with Gasteiger partial charge >= 0.3 is 6.03 Å². The summed E-state index contributed by atoms with van der Waals surface area (Å²) < 4.78 is 10.6. The first kappa shape index (κ1) is 25.4. The van der Waals surface area contributed by atoms with Crippen molar-refractivity contribution in [2.24, 2.45) is 0 Å². The van der Waals surface area contributed by atoms with Crippen LogP contribution >= 0.6 is 11.3 Å². The van der Waals surface area contributed by atoms with Gasteiger partial charge in [-0.2, -0.15) is 4.98 Å². The minimum atomic E-state index is -0.418. The minimum absolute atomic E-state index is 0.146. The average Bonchev–Trinajstić information content (AvgIpc) is 3.59. The number of nitrogen functional groups attached to an aromatic ring is 1. The predicted molar refractivity (Wildman–Crippen MR) is 149 cm³/mol. The molecule has 5 N–H and O–H groups in total. The van der Waals surface area contributed by atoms with E-state index in [0.29, 0.717) is 39.8 Å². The second-order valence-corrected chi connectivity index (χ2v) is 9.22. The Bertz CT molecular complexity index is 1620. The Morgan fingerprint density at radius 1 is 0.974 bits per heavy atom. The van der Waals surface area contributed by atoms with Gasteiger partial charge in [-0.1, -0.05) is 65.0 Å². The summed E-state index contributed by atoms with van der Waals surface area (Å²) in [6.45, 7) is 0.368. The summed E-state index contributed by atoms with van der Waals surface area (Å²) in [7, 11) is 1.54. The zero-order valence-corrected chi connectivity index (χ0v) is 21.5. The second kappa shape index (κ2) is 11.4. The van der Waals surface area contributed by atoms with E-state index in [1.165, 1.54) is 0 Å². The third kappa shape index (κ3) is 6.19. The van der Waals surface area contributed by atoms with Gasteiger partial charge in [0.25, 0.3) is 11.8 Å². The van der Waals surface area contributed by atoms with Crippen LogP contribution in [0.5, 0.6) is 5.75 Å². The molecule has 3 amide bonds. The maximum absolute atomic E-state index is 12.7. The van der Waals surface area contributed by atoms with Crippen LogP contribution in [0.4, 0.5) is 21.4 Å². The summed E-state index contributed by atoms with van der Waals surface area (Å²) in [4.78, 5) is 34.0. The quantitative estimate of drug-likeness (QED) is 0.213. The smallest absolute Gasteiger partial charge is 0.321 e. The zero-order valence-electron chi connectivity index (χ0n) is 20.7. The number of carbonyl (C=O) groups is 2. The number of carbonyl (C=O) groups excluding carboxylic acids is 2. The van der Waals surface area contributed by atoms with Crippen LogP contribution in [0.2, 0.25) is 0 Å². The van der Waals surface area contributed by atoms with E-state index in [-0.39, 0.29) is 22.7 Å². The van der Waals surface area contributed by atoms with E-state index < -0.39 is 6.03 Å². The van der Waals surface area contributed by atoms with Gasteiger partial charge in [-0.25, -0.2) is 9.78 Å². The van der Waals surface area contributed by atoms with Crippen molar-refractivity contribution in [2.75, 3.05) is 23.5 Å². The topological polar surface area (TPSA) is 157 Å². The molecule has 0 unspecified atom stereocenters. The molecule has 0 bridgehead atoms. The monoisotopic (exact) mass is 541 g/mol. The van der Waals surface area contributed by atoms with Gasteiger partial charge < -0.3 is 25.6 Å². The van der Waals surface area contributed by atoms with Crippen molar-refractivity contribution >= 4 is 39.9 Å². The fourth-order valence-electron chi connectivity index (χ4n) is 3.59. The van der Waals surface area contributed by atoms with E-state index in [4.69, 9.17) is 15.0 Å². The largest absolute Gasteiger partial charge is 0.497 e. The van der Waals surface area contributed by atoms with Gasteiger partial charge in [-0.3, -0.25) is 10.1 Å². The van der Waals surface area contributed by atoms with Gasteiger partial charge in [0, 0.05) is 23.4 Å². The van der Waals surface area contributed by atoms with Crippen molar-refractivity contribution in [1.29, 1.82) is 0 Å². The minimum Gasteiger partial charge on any atom is -0.497 e. The first-order valence-corrected chi connectivity index (χ1v) is 12.5. The maximum atomic E-state index is 12.7. The number of urea groups is 1. The molecule has 0 aliphatic rings. The van der Waals surface area contributed by atoms with Crippen LogP contribution < -0.4 is 26.4 Å². The third-order valence-corrected chi connectivity index (χ3v) is 6.48. The van der Waals surface area contributed by atoms with Crippen LogP contribution in [0, 0.1) is 0 Å². The number of anilines is 3. The highest BCUT2D eigenvalue weighted by atomic mass is 32.1. The summed E-state index contributed by atoms with van der Waals surface area (Å²) in [5, 5.41) is 12.6. The fourth-order valence-corrected chi connectivity index (χ4v) is 4.40. The molecule has 0 radical (unpaired) electrons. The molecule has 2 aromatic heterocycles. The fraction of sp³-hybridized carbons (Fsp3) is 0.0741. The molecule has 0 aliphatic heterocycles. The van der Waals surface area contributed by atoms with Gasteiger partial charge in [0.1, 0.15) is 16.4 Å². The lowest BCUT2D eigenvalue weighted by atomic mass is 10.1. The molecule has 5 aromatic rings. The van der Waals surface area contributed by atoms with Crippen LogP contribution in [0.1, 0.15) is 15.9 Å². The third-order valence-electron chi connectivity index (χ3n) is 5.50. The number of nitrogens with two attached hydrogens (primary N) is 1. The molecule has 5 rings (SSSR count). The van der Waals surface area contributed by atoms with Gasteiger partial charge in [0.2, 0.25) is 5.82 Å².